The lowest BCUT2D eigenvalue weighted by Crippen LogP contribution is -2.46. The number of carbonyl (C=O) groups is 1. The zero-order chi connectivity index (χ0) is 16.9. The molecule has 1 N–H and O–H groups in total. The molecule has 1 aromatic carbocycles. The van der Waals surface area contributed by atoms with E-state index in [1.54, 1.807) is 6.07 Å². The van der Waals surface area contributed by atoms with E-state index in [4.69, 9.17) is 9.52 Å². The molecule has 0 bridgehead atoms. The summed E-state index contributed by atoms with van der Waals surface area (Å²) in [7, 11) is 0. The minimum atomic E-state index is -1.02. The van der Waals surface area contributed by atoms with E-state index in [-0.39, 0.29) is 11.6 Å². The first kappa shape index (κ1) is 16.7. The van der Waals surface area contributed by atoms with Crippen molar-refractivity contribution in [2.45, 2.75) is 13.0 Å². The van der Waals surface area contributed by atoms with Crippen molar-refractivity contribution in [2.75, 3.05) is 32.7 Å². The van der Waals surface area contributed by atoms with Crippen LogP contribution in [0.15, 0.2) is 41.0 Å². The Balaban J connectivity index is 1.44. The Bertz CT molecular complexity index is 676. The highest BCUT2D eigenvalue weighted by atomic mass is 19.1. The van der Waals surface area contributed by atoms with Crippen molar-refractivity contribution in [2.24, 2.45) is 0 Å². The Morgan fingerprint density at radius 3 is 2.42 bits per heavy atom. The Hall–Kier alpha value is -2.18. The molecule has 0 amide bonds. The molecule has 2 heterocycles. The topological polar surface area (TPSA) is 56.9 Å². The minimum absolute atomic E-state index is 0.0359. The van der Waals surface area contributed by atoms with Crippen molar-refractivity contribution in [1.82, 2.24) is 9.80 Å². The molecule has 0 radical (unpaired) electrons. The number of piperazine rings is 1. The average molecular weight is 332 g/mol. The molecule has 3 rings (SSSR count). The van der Waals surface area contributed by atoms with E-state index in [1.165, 1.54) is 18.4 Å². The summed E-state index contributed by atoms with van der Waals surface area (Å²) in [5, 5.41) is 9.08. The lowest BCUT2D eigenvalue weighted by atomic mass is 10.1. The highest BCUT2D eigenvalue weighted by Crippen LogP contribution is 2.15. The van der Waals surface area contributed by atoms with Gasteiger partial charge in [-0.15, -0.1) is 0 Å². The molecule has 1 fully saturated rings. The number of halogens is 1. The monoisotopic (exact) mass is 332 g/mol. The molecule has 0 aliphatic carbocycles. The summed E-state index contributed by atoms with van der Waals surface area (Å²) in [5.74, 6) is -1.19. The Morgan fingerprint density at radius 2 is 1.75 bits per heavy atom. The summed E-state index contributed by atoms with van der Waals surface area (Å²) in [6.45, 7) is 5.24. The Morgan fingerprint density at radius 1 is 1.08 bits per heavy atom. The van der Waals surface area contributed by atoms with E-state index in [0.29, 0.717) is 6.54 Å². The molecule has 1 saturated heterocycles. The van der Waals surface area contributed by atoms with Crippen LogP contribution in [0.2, 0.25) is 0 Å². The van der Waals surface area contributed by atoms with E-state index in [1.807, 2.05) is 12.1 Å². The quantitative estimate of drug-likeness (QED) is 0.881. The van der Waals surface area contributed by atoms with Gasteiger partial charge in [-0.2, -0.15) is 0 Å². The van der Waals surface area contributed by atoms with Gasteiger partial charge in [-0.1, -0.05) is 12.1 Å². The van der Waals surface area contributed by atoms with E-state index in [9.17, 15) is 9.18 Å². The van der Waals surface area contributed by atoms with Gasteiger partial charge in [-0.05, 0) is 30.2 Å². The third kappa shape index (κ3) is 4.21. The smallest absolute Gasteiger partial charge is 0.372 e. The van der Waals surface area contributed by atoms with Crippen molar-refractivity contribution in [3.8, 4) is 0 Å². The van der Waals surface area contributed by atoms with Gasteiger partial charge >= 0.3 is 5.97 Å². The number of carboxylic acid groups (broad SMARTS) is 1. The highest BCUT2D eigenvalue weighted by Gasteiger charge is 2.20. The number of carboxylic acids is 1. The summed E-state index contributed by atoms with van der Waals surface area (Å²) >= 11 is 0. The predicted octanol–water partition coefficient (Wildman–Crippen LogP) is 2.48. The van der Waals surface area contributed by atoms with Crippen molar-refractivity contribution in [1.29, 1.82) is 0 Å². The first-order chi connectivity index (χ1) is 11.6. The van der Waals surface area contributed by atoms with Gasteiger partial charge in [0, 0.05) is 44.8 Å². The number of nitrogens with zero attached hydrogens (tertiary/aromatic N) is 2. The summed E-state index contributed by atoms with van der Waals surface area (Å²) in [6.07, 6.45) is 2.34. The molecule has 128 valence electrons. The normalized spacial score (nSPS) is 16.4. The molecule has 0 spiro atoms. The molecule has 1 aromatic heterocycles. The first-order valence-corrected chi connectivity index (χ1v) is 8.10. The van der Waals surface area contributed by atoms with Gasteiger partial charge in [0.05, 0.1) is 6.26 Å². The molecule has 2 aromatic rings. The van der Waals surface area contributed by atoms with Gasteiger partial charge in [-0.25, -0.2) is 9.18 Å². The van der Waals surface area contributed by atoms with Crippen molar-refractivity contribution in [3.05, 3.63) is 59.3 Å². The molecular weight excluding hydrogens is 311 g/mol. The van der Waals surface area contributed by atoms with Gasteiger partial charge < -0.3 is 14.4 Å². The minimum Gasteiger partial charge on any atom is -0.475 e. The van der Waals surface area contributed by atoms with Crippen LogP contribution in [0.3, 0.4) is 0 Å². The number of hydrogen-bond donors (Lipinski definition) is 1. The lowest BCUT2D eigenvalue weighted by Gasteiger charge is -2.34. The maximum atomic E-state index is 12.9. The third-order valence-corrected chi connectivity index (χ3v) is 4.43. The van der Waals surface area contributed by atoms with Crippen molar-refractivity contribution < 1.29 is 18.7 Å². The zero-order valence-electron chi connectivity index (χ0n) is 13.4. The summed E-state index contributed by atoms with van der Waals surface area (Å²) in [6, 6.07) is 8.39. The largest absolute Gasteiger partial charge is 0.475 e. The number of benzene rings is 1. The van der Waals surface area contributed by atoms with Crippen LogP contribution in [0.25, 0.3) is 0 Å². The number of hydrogen-bond acceptors (Lipinski definition) is 4. The molecular formula is C18H21FN2O3. The summed E-state index contributed by atoms with van der Waals surface area (Å²) in [4.78, 5) is 15.7. The average Bonchev–Trinajstić information content (AvgIpc) is 3.04. The van der Waals surface area contributed by atoms with Gasteiger partial charge in [0.1, 0.15) is 5.82 Å². The van der Waals surface area contributed by atoms with Crippen LogP contribution in [0.1, 0.15) is 21.7 Å². The number of furan rings is 1. The standard InChI is InChI=1S/C18H21FN2O3/c19-16-3-1-14(2-4-16)5-7-20-8-10-21(11-9-20)13-15-6-12-24-17(15)18(22)23/h1-4,6,12H,5,7-11,13H2,(H,22,23). The van der Waals surface area contributed by atoms with E-state index >= 15 is 0 Å². The summed E-state index contributed by atoms with van der Waals surface area (Å²) < 4.78 is 17.9. The predicted molar refractivity (Wildman–Crippen MR) is 87.5 cm³/mol. The highest BCUT2D eigenvalue weighted by molar-refractivity contribution is 5.86. The van der Waals surface area contributed by atoms with Gasteiger partial charge in [-0.3, -0.25) is 4.90 Å². The van der Waals surface area contributed by atoms with Crippen LogP contribution in [0, 0.1) is 5.82 Å². The van der Waals surface area contributed by atoms with E-state index < -0.39 is 5.97 Å². The maximum Gasteiger partial charge on any atom is 0.372 e. The van der Waals surface area contributed by atoms with Crippen LogP contribution in [-0.4, -0.2) is 53.6 Å². The first-order valence-electron chi connectivity index (χ1n) is 8.10. The fourth-order valence-electron chi connectivity index (χ4n) is 3.00. The van der Waals surface area contributed by atoms with Crippen LogP contribution >= 0.6 is 0 Å². The molecule has 1 aliphatic rings. The summed E-state index contributed by atoms with van der Waals surface area (Å²) in [5.41, 5.74) is 1.87. The fourth-order valence-corrected chi connectivity index (χ4v) is 3.00. The van der Waals surface area contributed by atoms with Gasteiger partial charge in [0.15, 0.2) is 0 Å². The molecule has 24 heavy (non-hydrogen) atoms. The number of aromatic carboxylic acids is 1. The maximum absolute atomic E-state index is 12.9. The van der Waals surface area contributed by atoms with Crippen LogP contribution < -0.4 is 0 Å². The molecule has 0 unspecified atom stereocenters. The third-order valence-electron chi connectivity index (χ3n) is 4.43. The molecule has 6 heteroatoms. The molecule has 0 atom stereocenters. The van der Waals surface area contributed by atoms with Crippen LogP contribution in [0.4, 0.5) is 4.39 Å². The van der Waals surface area contributed by atoms with Gasteiger partial charge in [0.25, 0.3) is 0 Å². The SMILES string of the molecule is O=C(O)c1occc1CN1CCN(CCc2ccc(F)cc2)CC1. The second-order valence-electron chi connectivity index (χ2n) is 6.07. The molecule has 1 aliphatic heterocycles. The second-order valence-corrected chi connectivity index (χ2v) is 6.07. The molecule has 5 nitrogen and oxygen atoms in total. The fraction of sp³-hybridized carbons (Fsp3) is 0.389. The lowest BCUT2D eigenvalue weighted by molar-refractivity contribution is 0.0657. The van der Waals surface area contributed by atoms with Crippen molar-refractivity contribution >= 4 is 5.97 Å². The zero-order valence-corrected chi connectivity index (χ0v) is 13.4. The Kier molecular flexibility index (Phi) is 5.27. The van der Waals surface area contributed by atoms with Crippen molar-refractivity contribution in [3.63, 3.8) is 0 Å². The Labute approximate surface area is 140 Å². The second kappa shape index (κ2) is 7.59. The van der Waals surface area contributed by atoms with Gasteiger partial charge in [0.2, 0.25) is 5.76 Å². The van der Waals surface area contributed by atoms with E-state index in [2.05, 4.69) is 9.80 Å². The van der Waals surface area contributed by atoms with Crippen LogP contribution in [0.5, 0.6) is 0 Å². The van der Waals surface area contributed by atoms with Crippen LogP contribution in [-0.2, 0) is 13.0 Å². The molecule has 0 saturated carbocycles. The number of rotatable bonds is 6. The van der Waals surface area contributed by atoms with E-state index in [0.717, 1.165) is 50.3 Å².